The second-order valence-electron chi connectivity index (χ2n) is 16.0. The highest BCUT2D eigenvalue weighted by Gasteiger charge is 2.50. The summed E-state index contributed by atoms with van der Waals surface area (Å²) in [7, 11) is 0. The van der Waals surface area contributed by atoms with Crippen molar-refractivity contribution < 1.29 is 4.42 Å². The van der Waals surface area contributed by atoms with Gasteiger partial charge in [-0.2, -0.15) is 0 Å². The highest BCUT2D eigenvalue weighted by Crippen LogP contribution is 2.58. The van der Waals surface area contributed by atoms with Gasteiger partial charge in [0.2, 0.25) is 0 Å². The van der Waals surface area contributed by atoms with E-state index >= 15 is 0 Å². The highest BCUT2D eigenvalue weighted by molar-refractivity contribution is 6.00. The molecule has 0 amide bonds. The van der Waals surface area contributed by atoms with E-state index in [-0.39, 0.29) is 12.0 Å². The topological polar surface area (TPSA) is 19.6 Å². The van der Waals surface area contributed by atoms with Crippen molar-refractivity contribution in [1.29, 1.82) is 0 Å². The van der Waals surface area contributed by atoms with Crippen molar-refractivity contribution >= 4 is 50.6 Å². The molecule has 3 nitrogen and oxygen atoms in total. The summed E-state index contributed by atoms with van der Waals surface area (Å²) in [6.45, 7) is 0. The Morgan fingerprint density at radius 2 is 0.885 bits per heavy atom. The van der Waals surface area contributed by atoms with E-state index in [1.165, 1.54) is 61.1 Å². The summed E-state index contributed by atoms with van der Waals surface area (Å²) in [5.41, 5.74) is 16.2. The van der Waals surface area contributed by atoms with E-state index in [1.807, 2.05) is 0 Å². The number of benzene rings is 9. The number of anilines is 4. The summed E-state index contributed by atoms with van der Waals surface area (Å²) < 4.78 is 7.05. The van der Waals surface area contributed by atoms with E-state index in [2.05, 4.69) is 240 Å². The van der Waals surface area contributed by atoms with E-state index in [0.29, 0.717) is 0 Å². The van der Waals surface area contributed by atoms with Crippen LogP contribution in [0.1, 0.15) is 22.8 Å². The molecular formula is C58H40N2O. The van der Waals surface area contributed by atoms with E-state index < -0.39 is 0 Å². The predicted octanol–water partition coefficient (Wildman–Crippen LogP) is 15.4. The van der Waals surface area contributed by atoms with Gasteiger partial charge in [-0.15, -0.1) is 0 Å². The van der Waals surface area contributed by atoms with E-state index in [9.17, 15) is 0 Å². The lowest BCUT2D eigenvalue weighted by molar-refractivity contribution is 0.497. The smallest absolute Gasteiger partial charge is 0.134 e. The van der Waals surface area contributed by atoms with Crippen molar-refractivity contribution in [1.82, 2.24) is 0 Å². The average molecular weight is 781 g/mol. The second-order valence-corrected chi connectivity index (χ2v) is 16.0. The molecule has 9 aromatic carbocycles. The van der Waals surface area contributed by atoms with Crippen LogP contribution in [-0.2, 0) is 0 Å². The third-order valence-electron chi connectivity index (χ3n) is 12.6. The molecule has 2 aliphatic rings. The second kappa shape index (κ2) is 14.4. The number of furan rings is 1. The quantitative estimate of drug-likeness (QED) is 0.161. The molecule has 1 aliphatic carbocycles. The van der Waals surface area contributed by atoms with Gasteiger partial charge in [0.25, 0.3) is 0 Å². The summed E-state index contributed by atoms with van der Waals surface area (Å²) in [5.74, 6) is 0.904. The molecule has 0 bridgehead atoms. The Bertz CT molecular complexity index is 3140. The maximum absolute atomic E-state index is 7.05. The van der Waals surface area contributed by atoms with Gasteiger partial charge in [-0.1, -0.05) is 176 Å². The molecule has 2 unspecified atom stereocenters. The number of hydrogen-bond donors (Lipinski definition) is 0. The Morgan fingerprint density at radius 1 is 0.410 bits per heavy atom. The number of rotatable bonds is 7. The van der Waals surface area contributed by atoms with Gasteiger partial charge in [0.1, 0.15) is 11.3 Å². The Labute approximate surface area is 355 Å². The van der Waals surface area contributed by atoms with Gasteiger partial charge < -0.3 is 14.2 Å². The molecule has 61 heavy (non-hydrogen) atoms. The van der Waals surface area contributed by atoms with Crippen LogP contribution in [0.4, 0.5) is 22.7 Å². The number of para-hydroxylation sites is 1. The van der Waals surface area contributed by atoms with Crippen LogP contribution in [0.25, 0.3) is 61.2 Å². The molecule has 3 heteroatoms. The first-order chi connectivity index (χ1) is 30.3. The molecule has 1 aromatic heterocycles. The first-order valence-corrected chi connectivity index (χ1v) is 21.1. The minimum atomic E-state index is -0.154. The van der Waals surface area contributed by atoms with Crippen molar-refractivity contribution in [2.45, 2.75) is 12.0 Å². The zero-order chi connectivity index (χ0) is 40.3. The van der Waals surface area contributed by atoms with Crippen molar-refractivity contribution in [2.75, 3.05) is 9.80 Å². The molecule has 1 aliphatic heterocycles. The monoisotopic (exact) mass is 780 g/mol. The van der Waals surface area contributed by atoms with Gasteiger partial charge in [0.05, 0.1) is 12.0 Å². The fourth-order valence-corrected chi connectivity index (χ4v) is 9.81. The van der Waals surface area contributed by atoms with Crippen LogP contribution in [0, 0.1) is 0 Å². The zero-order valence-electron chi connectivity index (χ0n) is 33.4. The minimum absolute atomic E-state index is 0.105. The molecule has 10 aromatic rings. The Kier molecular flexibility index (Phi) is 8.31. The van der Waals surface area contributed by atoms with Crippen molar-refractivity contribution in [2.24, 2.45) is 0 Å². The number of hydrogen-bond acceptors (Lipinski definition) is 3. The van der Waals surface area contributed by atoms with Gasteiger partial charge >= 0.3 is 0 Å². The van der Waals surface area contributed by atoms with Crippen LogP contribution < -0.4 is 9.80 Å². The molecule has 0 saturated heterocycles. The summed E-state index contributed by atoms with van der Waals surface area (Å²) in [6.07, 6.45) is 2.41. The predicted molar refractivity (Wildman–Crippen MR) is 254 cm³/mol. The molecule has 0 radical (unpaired) electrons. The zero-order valence-corrected chi connectivity index (χ0v) is 33.4. The van der Waals surface area contributed by atoms with Crippen LogP contribution in [0.15, 0.2) is 235 Å². The van der Waals surface area contributed by atoms with Gasteiger partial charge in [0, 0.05) is 39.4 Å². The fourth-order valence-electron chi connectivity index (χ4n) is 9.81. The standard InChI is InChI=1S/C58H40N2O/c1-4-14-39(15-5-1)42-24-31-46(32-25-42)59(47-33-26-43(27-34-47)40-16-6-2-7-17-40)53-38-51-50-22-12-13-23-54(50)61-58(51)56-55-49-21-11-10-20-45(49)30-37-52(55)60(57(53)56)48-35-28-44(29-36-48)41-18-8-3-9-19-41/h1-38,56-57H. The summed E-state index contributed by atoms with van der Waals surface area (Å²) in [5, 5.41) is 3.59. The lowest BCUT2D eigenvalue weighted by Gasteiger charge is -2.40. The minimum Gasteiger partial charge on any atom is -0.460 e. The summed E-state index contributed by atoms with van der Waals surface area (Å²) in [4.78, 5) is 5.07. The Hall–Kier alpha value is -7.88. The summed E-state index contributed by atoms with van der Waals surface area (Å²) >= 11 is 0. The van der Waals surface area contributed by atoms with Gasteiger partial charge in [0.15, 0.2) is 0 Å². The first-order valence-electron chi connectivity index (χ1n) is 21.1. The van der Waals surface area contributed by atoms with Gasteiger partial charge in [-0.25, -0.2) is 0 Å². The molecule has 2 heterocycles. The first kappa shape index (κ1) is 35.1. The fraction of sp³-hybridized carbons (Fsp3) is 0.0345. The lowest BCUT2D eigenvalue weighted by Crippen LogP contribution is -2.40. The van der Waals surface area contributed by atoms with Gasteiger partial charge in [-0.3, -0.25) is 0 Å². The maximum Gasteiger partial charge on any atom is 0.134 e. The van der Waals surface area contributed by atoms with Crippen LogP contribution in [0.5, 0.6) is 0 Å². The number of nitrogens with zero attached hydrogens (tertiary/aromatic N) is 2. The molecule has 0 N–H and O–H groups in total. The Balaban J connectivity index is 1.11. The van der Waals surface area contributed by atoms with Crippen molar-refractivity contribution in [3.63, 3.8) is 0 Å². The molecular weight excluding hydrogens is 741 g/mol. The third kappa shape index (κ3) is 5.89. The van der Waals surface area contributed by atoms with Gasteiger partial charge in [-0.05, 0) is 104 Å². The van der Waals surface area contributed by atoms with E-state index in [4.69, 9.17) is 4.42 Å². The van der Waals surface area contributed by atoms with Crippen LogP contribution in [0.2, 0.25) is 0 Å². The van der Waals surface area contributed by atoms with Crippen molar-refractivity contribution in [3.8, 4) is 33.4 Å². The average Bonchev–Trinajstić information content (AvgIpc) is 3.90. The largest absolute Gasteiger partial charge is 0.460 e. The normalized spacial score (nSPS) is 15.3. The van der Waals surface area contributed by atoms with E-state index in [0.717, 1.165) is 39.4 Å². The van der Waals surface area contributed by atoms with Crippen LogP contribution in [-0.4, -0.2) is 6.04 Å². The van der Waals surface area contributed by atoms with Crippen LogP contribution >= 0.6 is 0 Å². The third-order valence-corrected chi connectivity index (χ3v) is 12.6. The van der Waals surface area contributed by atoms with E-state index in [1.54, 1.807) is 0 Å². The molecule has 2 atom stereocenters. The molecule has 12 rings (SSSR count). The maximum atomic E-state index is 7.05. The van der Waals surface area contributed by atoms with Crippen LogP contribution in [0.3, 0.4) is 0 Å². The molecule has 0 saturated carbocycles. The summed E-state index contributed by atoms with van der Waals surface area (Å²) in [6, 6.07) is 81.0. The highest BCUT2D eigenvalue weighted by atomic mass is 16.3. The van der Waals surface area contributed by atoms with Crippen molar-refractivity contribution in [3.05, 3.63) is 247 Å². The SMILES string of the molecule is C1=C(N(c2ccc(-c3ccccc3)cc2)c2ccc(-c3ccccc3)cc2)C2C(c3oc4ccccc4c31)c1c(ccc3ccccc13)N2c1ccc(-c2ccccc2)cc1. The number of fused-ring (bicyclic) bond motifs is 9. The molecule has 0 fully saturated rings. The molecule has 288 valence electrons. The Morgan fingerprint density at radius 3 is 1.46 bits per heavy atom. The lowest BCUT2D eigenvalue weighted by atomic mass is 9.81. The molecule has 0 spiro atoms.